The predicted molar refractivity (Wildman–Crippen MR) is 72.7 cm³/mol. The van der Waals surface area contributed by atoms with E-state index >= 15 is 0 Å². The average molecular weight is 254 g/mol. The van der Waals surface area contributed by atoms with E-state index in [4.69, 9.17) is 0 Å². The molecule has 17 heavy (non-hydrogen) atoms. The highest BCUT2D eigenvalue weighted by Crippen LogP contribution is 2.17. The van der Waals surface area contributed by atoms with Crippen molar-refractivity contribution in [3.8, 4) is 0 Å². The third-order valence-corrected chi connectivity index (χ3v) is 4.06. The lowest BCUT2D eigenvalue weighted by atomic mass is 10.0. The van der Waals surface area contributed by atoms with Gasteiger partial charge in [0.05, 0.1) is 0 Å². The van der Waals surface area contributed by atoms with Crippen molar-refractivity contribution in [1.29, 1.82) is 0 Å². The molecule has 0 amide bonds. The van der Waals surface area contributed by atoms with E-state index in [0.717, 1.165) is 30.3 Å². The molecule has 0 aromatic carbocycles. The highest BCUT2D eigenvalue weighted by Gasteiger charge is 2.18. The van der Waals surface area contributed by atoms with Crippen LogP contribution < -0.4 is 5.32 Å². The molecule has 1 N–H and O–H groups in total. The summed E-state index contributed by atoms with van der Waals surface area (Å²) in [5.41, 5.74) is 0. The van der Waals surface area contributed by atoms with Crippen LogP contribution in [0.1, 0.15) is 38.4 Å². The molecule has 1 fully saturated rings. The van der Waals surface area contributed by atoms with Crippen molar-refractivity contribution in [1.82, 2.24) is 14.3 Å². The van der Waals surface area contributed by atoms with Crippen molar-refractivity contribution >= 4 is 16.7 Å². The minimum atomic E-state index is 0.655. The van der Waals surface area contributed by atoms with Gasteiger partial charge in [-0.3, -0.25) is 0 Å². The Kier molecular flexibility index (Phi) is 4.74. The Labute approximate surface area is 108 Å². The summed E-state index contributed by atoms with van der Waals surface area (Å²) in [7, 11) is 2.22. The van der Waals surface area contributed by atoms with Gasteiger partial charge in [0, 0.05) is 30.5 Å². The van der Waals surface area contributed by atoms with E-state index in [9.17, 15) is 0 Å². The number of anilines is 1. The highest BCUT2D eigenvalue weighted by molar-refractivity contribution is 7.09. The van der Waals surface area contributed by atoms with E-state index < -0.39 is 0 Å². The second kappa shape index (κ2) is 6.31. The summed E-state index contributed by atoms with van der Waals surface area (Å²) in [6.45, 7) is 4.38. The van der Waals surface area contributed by atoms with Crippen molar-refractivity contribution in [3.05, 3.63) is 5.82 Å². The van der Waals surface area contributed by atoms with Crippen LogP contribution in [0.15, 0.2) is 0 Å². The number of likely N-dealkylation sites (N-methyl/N-ethyl adjacent to an activating group) is 1. The first-order valence-electron chi connectivity index (χ1n) is 6.56. The van der Waals surface area contributed by atoms with Gasteiger partial charge in [0.15, 0.2) is 0 Å². The number of likely N-dealkylation sites (tertiary alicyclic amines) is 1. The second-order valence-corrected chi connectivity index (χ2v) is 5.53. The molecule has 0 bridgehead atoms. The molecule has 1 aliphatic rings. The van der Waals surface area contributed by atoms with Gasteiger partial charge in [0.25, 0.3) is 0 Å². The molecule has 1 atom stereocenters. The van der Waals surface area contributed by atoms with Gasteiger partial charge >= 0.3 is 0 Å². The maximum Gasteiger partial charge on any atom is 0.202 e. The van der Waals surface area contributed by atoms with E-state index in [0.29, 0.717) is 6.04 Å². The molecule has 0 spiro atoms. The molecule has 1 saturated heterocycles. The van der Waals surface area contributed by atoms with Crippen molar-refractivity contribution < 1.29 is 0 Å². The van der Waals surface area contributed by atoms with Gasteiger partial charge in [-0.15, -0.1) is 0 Å². The lowest BCUT2D eigenvalue weighted by molar-refractivity contribution is 0.194. The first-order valence-corrected chi connectivity index (χ1v) is 7.33. The van der Waals surface area contributed by atoms with E-state index in [1.54, 1.807) is 0 Å². The number of piperidine rings is 1. The molecular weight excluding hydrogens is 232 g/mol. The van der Waals surface area contributed by atoms with Gasteiger partial charge in [-0.2, -0.15) is 4.37 Å². The topological polar surface area (TPSA) is 41.1 Å². The summed E-state index contributed by atoms with van der Waals surface area (Å²) in [4.78, 5) is 6.94. The average Bonchev–Trinajstić information content (AvgIpc) is 2.76. The molecule has 96 valence electrons. The van der Waals surface area contributed by atoms with Gasteiger partial charge in [-0.1, -0.05) is 13.3 Å². The van der Waals surface area contributed by atoms with Crippen LogP contribution in [0.4, 0.5) is 5.13 Å². The Morgan fingerprint density at radius 2 is 2.35 bits per heavy atom. The molecule has 4 nitrogen and oxygen atoms in total. The zero-order valence-electron chi connectivity index (χ0n) is 10.8. The monoisotopic (exact) mass is 254 g/mol. The summed E-state index contributed by atoms with van der Waals surface area (Å²) < 4.78 is 4.34. The van der Waals surface area contributed by atoms with Crippen LogP contribution in [0.5, 0.6) is 0 Å². The van der Waals surface area contributed by atoms with Crippen LogP contribution >= 0.6 is 11.5 Å². The summed E-state index contributed by atoms with van der Waals surface area (Å²) >= 11 is 1.49. The number of aromatic nitrogens is 2. The zero-order valence-corrected chi connectivity index (χ0v) is 11.6. The highest BCUT2D eigenvalue weighted by atomic mass is 32.1. The van der Waals surface area contributed by atoms with Crippen LogP contribution in [0, 0.1) is 0 Å². The number of hydrogen-bond acceptors (Lipinski definition) is 5. The SMILES string of the molecule is CCCc1nsc(NCC2CCCCN2C)n1. The molecule has 0 radical (unpaired) electrons. The molecule has 2 heterocycles. The van der Waals surface area contributed by atoms with E-state index in [1.165, 1.54) is 37.3 Å². The van der Waals surface area contributed by atoms with Crippen LogP contribution in [-0.4, -0.2) is 40.4 Å². The molecule has 0 aliphatic carbocycles. The Morgan fingerprint density at radius 1 is 1.47 bits per heavy atom. The van der Waals surface area contributed by atoms with Gasteiger partial charge in [-0.05, 0) is 32.9 Å². The standard InChI is InChI=1S/C12H22N4S/c1-3-6-11-14-12(17-15-11)13-9-10-7-4-5-8-16(10)2/h10H,3-9H2,1-2H3,(H,13,14,15). The van der Waals surface area contributed by atoms with Gasteiger partial charge in [0.2, 0.25) is 5.13 Å². The molecular formula is C12H22N4S. The molecule has 2 rings (SSSR count). The van der Waals surface area contributed by atoms with E-state index in [1.807, 2.05) is 0 Å². The third-order valence-electron chi connectivity index (χ3n) is 3.35. The first kappa shape index (κ1) is 12.8. The van der Waals surface area contributed by atoms with Crippen LogP contribution in [0.2, 0.25) is 0 Å². The zero-order chi connectivity index (χ0) is 12.1. The Balaban J connectivity index is 1.79. The quantitative estimate of drug-likeness (QED) is 0.876. The molecule has 1 unspecified atom stereocenters. The summed E-state index contributed by atoms with van der Waals surface area (Å²) in [5, 5.41) is 4.41. The predicted octanol–water partition coefficient (Wildman–Crippen LogP) is 2.39. The molecule has 1 aliphatic heterocycles. The second-order valence-electron chi connectivity index (χ2n) is 4.78. The molecule has 1 aromatic rings. The Morgan fingerprint density at radius 3 is 3.12 bits per heavy atom. The molecule has 0 saturated carbocycles. The molecule has 5 heteroatoms. The molecule has 1 aromatic heterocycles. The summed E-state index contributed by atoms with van der Waals surface area (Å²) in [6.07, 6.45) is 6.09. The van der Waals surface area contributed by atoms with Crippen molar-refractivity contribution in [2.45, 2.75) is 45.1 Å². The summed E-state index contributed by atoms with van der Waals surface area (Å²) in [5.74, 6) is 0.983. The maximum atomic E-state index is 4.49. The smallest absolute Gasteiger partial charge is 0.202 e. The van der Waals surface area contributed by atoms with E-state index in [-0.39, 0.29) is 0 Å². The van der Waals surface area contributed by atoms with E-state index in [2.05, 4.69) is 33.5 Å². The summed E-state index contributed by atoms with van der Waals surface area (Å²) in [6, 6.07) is 0.655. The number of rotatable bonds is 5. The van der Waals surface area contributed by atoms with Gasteiger partial charge in [0.1, 0.15) is 5.82 Å². The number of aryl methyl sites for hydroxylation is 1. The first-order chi connectivity index (χ1) is 8.29. The third kappa shape index (κ3) is 3.64. The number of nitrogens with one attached hydrogen (secondary N) is 1. The van der Waals surface area contributed by atoms with Crippen LogP contribution in [0.3, 0.4) is 0 Å². The Hall–Kier alpha value is -0.680. The lowest BCUT2D eigenvalue weighted by Gasteiger charge is -2.32. The van der Waals surface area contributed by atoms with Crippen LogP contribution in [-0.2, 0) is 6.42 Å². The number of nitrogens with zero attached hydrogens (tertiary/aromatic N) is 3. The fraction of sp³-hybridized carbons (Fsp3) is 0.833. The van der Waals surface area contributed by atoms with Crippen molar-refractivity contribution in [2.24, 2.45) is 0 Å². The van der Waals surface area contributed by atoms with Crippen molar-refractivity contribution in [2.75, 3.05) is 25.5 Å². The van der Waals surface area contributed by atoms with Crippen molar-refractivity contribution in [3.63, 3.8) is 0 Å². The minimum absolute atomic E-state index is 0.655. The van der Waals surface area contributed by atoms with Crippen LogP contribution in [0.25, 0.3) is 0 Å². The Bertz CT molecular complexity index is 339. The minimum Gasteiger partial charge on any atom is -0.359 e. The lowest BCUT2D eigenvalue weighted by Crippen LogP contribution is -2.40. The van der Waals surface area contributed by atoms with Gasteiger partial charge < -0.3 is 10.2 Å². The maximum absolute atomic E-state index is 4.49. The van der Waals surface area contributed by atoms with Gasteiger partial charge in [-0.25, -0.2) is 4.98 Å². The number of hydrogen-bond donors (Lipinski definition) is 1. The fourth-order valence-electron chi connectivity index (χ4n) is 2.26. The normalized spacial score (nSPS) is 21.6. The fourth-order valence-corrected chi connectivity index (χ4v) is 2.88. The largest absolute Gasteiger partial charge is 0.359 e.